The van der Waals surface area contributed by atoms with Crippen molar-refractivity contribution in [1.82, 2.24) is 0 Å². The molecule has 2 aliphatic rings. The molecule has 0 amide bonds. The molecule has 9 aromatic carbocycles. The Kier molecular flexibility index (Phi) is 7.59. The van der Waals surface area contributed by atoms with Gasteiger partial charge in [-0.1, -0.05) is 167 Å². The zero-order valence-electron chi connectivity index (χ0n) is 33.4. The molecule has 0 unspecified atom stereocenters. The summed E-state index contributed by atoms with van der Waals surface area (Å²) in [5.74, 6) is 0. The highest BCUT2D eigenvalue weighted by Gasteiger charge is 2.45. The van der Waals surface area contributed by atoms with E-state index in [1.165, 1.54) is 83.1 Å². The summed E-state index contributed by atoms with van der Waals surface area (Å²) in [7, 11) is 0. The minimum atomic E-state index is -0.185. The summed E-state index contributed by atoms with van der Waals surface area (Å²) in [6.45, 7) is 9.59. The van der Waals surface area contributed by atoms with Crippen LogP contribution in [0.5, 0.6) is 0 Å². The first-order chi connectivity index (χ1) is 28.3. The van der Waals surface area contributed by atoms with Gasteiger partial charge in [-0.05, 0) is 115 Å². The molecule has 2 nitrogen and oxygen atoms in total. The fourth-order valence-electron chi connectivity index (χ4n) is 9.93. The molecule has 2 heteroatoms. The van der Waals surface area contributed by atoms with Gasteiger partial charge in [0.15, 0.2) is 0 Å². The average molecular weight is 745 g/mol. The molecule has 0 bridgehead atoms. The molecule has 2 aliphatic heterocycles. The van der Waals surface area contributed by atoms with Crippen LogP contribution in [0.25, 0.3) is 43.8 Å². The maximum atomic E-state index is 2.54. The molecule has 0 aliphatic carbocycles. The standard InChI is InChI=1S/C56H44N2/c1-55(2)47-22-12-14-24-51(47)58-52-25-15-13-23-48(52)56(3,4)50-35-41(34-49(55)54(50)58)39-28-32-43(33-29-39)57(42-30-26-38(27-31-42)37-16-6-5-7-17-37)53-36-40-18-8-9-19-44(40)45-20-10-11-21-46(45)53/h5-36H,1-4H3. The lowest BCUT2D eigenvalue weighted by Crippen LogP contribution is -2.38. The van der Waals surface area contributed by atoms with Gasteiger partial charge in [-0.2, -0.15) is 0 Å². The van der Waals surface area contributed by atoms with E-state index in [2.05, 4.69) is 232 Å². The second-order valence-corrected chi connectivity index (χ2v) is 17.0. The molecule has 58 heavy (non-hydrogen) atoms. The van der Waals surface area contributed by atoms with E-state index >= 15 is 0 Å². The molecule has 0 fully saturated rings. The van der Waals surface area contributed by atoms with Gasteiger partial charge >= 0.3 is 0 Å². The van der Waals surface area contributed by atoms with Gasteiger partial charge in [0.25, 0.3) is 0 Å². The number of para-hydroxylation sites is 2. The van der Waals surface area contributed by atoms with Gasteiger partial charge in [0, 0.05) is 27.6 Å². The molecule has 0 spiro atoms. The zero-order chi connectivity index (χ0) is 39.2. The summed E-state index contributed by atoms with van der Waals surface area (Å²) in [6.07, 6.45) is 0. The fraction of sp³-hybridized carbons (Fsp3) is 0.107. The van der Waals surface area contributed by atoms with Crippen LogP contribution in [0.15, 0.2) is 194 Å². The molecular formula is C56H44N2. The van der Waals surface area contributed by atoms with Gasteiger partial charge in [-0.3, -0.25) is 0 Å². The third-order valence-electron chi connectivity index (χ3n) is 13.0. The lowest BCUT2D eigenvalue weighted by atomic mass is 9.65. The Bertz CT molecular complexity index is 2970. The van der Waals surface area contributed by atoms with E-state index < -0.39 is 0 Å². The second-order valence-electron chi connectivity index (χ2n) is 17.0. The number of hydrogen-bond donors (Lipinski definition) is 0. The molecule has 0 saturated carbocycles. The van der Waals surface area contributed by atoms with Crippen molar-refractivity contribution in [2.24, 2.45) is 0 Å². The minimum absolute atomic E-state index is 0.185. The van der Waals surface area contributed by atoms with Crippen LogP contribution in [0.4, 0.5) is 34.1 Å². The van der Waals surface area contributed by atoms with Crippen LogP contribution in [0.3, 0.4) is 0 Å². The Labute approximate surface area is 341 Å². The summed E-state index contributed by atoms with van der Waals surface area (Å²) in [4.78, 5) is 4.97. The number of anilines is 6. The molecule has 0 N–H and O–H groups in total. The molecule has 0 saturated heterocycles. The van der Waals surface area contributed by atoms with Crippen molar-refractivity contribution in [3.8, 4) is 22.3 Å². The summed E-state index contributed by atoms with van der Waals surface area (Å²) in [5, 5.41) is 4.97. The number of nitrogens with zero attached hydrogens (tertiary/aromatic N) is 2. The Balaban J connectivity index is 1.08. The van der Waals surface area contributed by atoms with Gasteiger partial charge in [-0.15, -0.1) is 0 Å². The van der Waals surface area contributed by atoms with Gasteiger partial charge in [0.2, 0.25) is 0 Å². The maximum Gasteiger partial charge on any atom is 0.0546 e. The van der Waals surface area contributed by atoms with Gasteiger partial charge in [-0.25, -0.2) is 0 Å². The Hall–Kier alpha value is -6.90. The summed E-state index contributed by atoms with van der Waals surface area (Å²) in [5.41, 5.74) is 17.2. The van der Waals surface area contributed by atoms with E-state index in [0.717, 1.165) is 17.1 Å². The van der Waals surface area contributed by atoms with E-state index in [9.17, 15) is 0 Å². The smallest absolute Gasteiger partial charge is 0.0546 e. The van der Waals surface area contributed by atoms with E-state index in [1.54, 1.807) is 0 Å². The number of hydrogen-bond acceptors (Lipinski definition) is 2. The Morgan fingerprint density at radius 3 is 1.40 bits per heavy atom. The lowest BCUT2D eigenvalue weighted by Gasteiger charge is -2.49. The fourth-order valence-corrected chi connectivity index (χ4v) is 9.93. The molecular weight excluding hydrogens is 701 g/mol. The van der Waals surface area contributed by atoms with Crippen LogP contribution in [-0.2, 0) is 10.8 Å². The molecule has 11 rings (SSSR count). The van der Waals surface area contributed by atoms with Crippen LogP contribution in [0.2, 0.25) is 0 Å². The monoisotopic (exact) mass is 744 g/mol. The quantitative estimate of drug-likeness (QED) is 0.162. The van der Waals surface area contributed by atoms with Gasteiger partial charge in [0.1, 0.15) is 0 Å². The average Bonchev–Trinajstić information content (AvgIpc) is 3.27. The highest BCUT2D eigenvalue weighted by molar-refractivity contribution is 6.14. The molecule has 0 atom stereocenters. The Morgan fingerprint density at radius 2 is 0.810 bits per heavy atom. The molecule has 278 valence electrons. The van der Waals surface area contributed by atoms with E-state index in [4.69, 9.17) is 0 Å². The van der Waals surface area contributed by atoms with E-state index in [0.29, 0.717) is 0 Å². The molecule has 2 heterocycles. The van der Waals surface area contributed by atoms with Crippen LogP contribution in [0.1, 0.15) is 49.9 Å². The largest absolute Gasteiger partial charge is 0.310 e. The SMILES string of the molecule is CC1(C)c2ccccc2N2c3ccccc3C(C)(C)c3cc(-c4ccc(N(c5ccc(-c6ccccc6)cc5)c5cc6ccccc6c6ccccc56)cc4)cc1c32. The predicted octanol–water partition coefficient (Wildman–Crippen LogP) is 15.5. The summed E-state index contributed by atoms with van der Waals surface area (Å²) < 4.78 is 0. The predicted molar refractivity (Wildman–Crippen MR) is 246 cm³/mol. The molecule has 0 radical (unpaired) electrons. The van der Waals surface area contributed by atoms with Crippen molar-refractivity contribution in [3.63, 3.8) is 0 Å². The molecule has 0 aromatic heterocycles. The van der Waals surface area contributed by atoms with E-state index in [-0.39, 0.29) is 10.8 Å². The van der Waals surface area contributed by atoms with Crippen molar-refractivity contribution in [2.75, 3.05) is 9.80 Å². The van der Waals surface area contributed by atoms with Gasteiger partial charge in [0.05, 0.1) is 22.7 Å². The first-order valence-corrected chi connectivity index (χ1v) is 20.4. The minimum Gasteiger partial charge on any atom is -0.310 e. The van der Waals surface area contributed by atoms with Crippen molar-refractivity contribution < 1.29 is 0 Å². The highest BCUT2D eigenvalue weighted by atomic mass is 15.2. The van der Waals surface area contributed by atoms with Gasteiger partial charge < -0.3 is 9.80 Å². The third kappa shape index (κ3) is 5.11. The molecule has 9 aromatic rings. The van der Waals surface area contributed by atoms with E-state index in [1.807, 2.05) is 0 Å². The zero-order valence-corrected chi connectivity index (χ0v) is 33.4. The van der Waals surface area contributed by atoms with Crippen molar-refractivity contribution in [1.29, 1.82) is 0 Å². The normalized spacial score (nSPS) is 14.4. The van der Waals surface area contributed by atoms with Crippen LogP contribution in [0, 0.1) is 0 Å². The number of rotatable bonds is 5. The van der Waals surface area contributed by atoms with Crippen molar-refractivity contribution in [2.45, 2.75) is 38.5 Å². The third-order valence-corrected chi connectivity index (χ3v) is 13.0. The highest BCUT2D eigenvalue weighted by Crippen LogP contribution is 2.60. The number of fused-ring (bicyclic) bond motifs is 7. The first kappa shape index (κ1) is 34.4. The second kappa shape index (κ2) is 12.8. The van der Waals surface area contributed by atoms with Crippen LogP contribution >= 0.6 is 0 Å². The topological polar surface area (TPSA) is 6.48 Å². The van der Waals surface area contributed by atoms with Crippen molar-refractivity contribution in [3.05, 3.63) is 216 Å². The summed E-state index contributed by atoms with van der Waals surface area (Å²) >= 11 is 0. The lowest BCUT2D eigenvalue weighted by molar-refractivity contribution is 0.598. The van der Waals surface area contributed by atoms with Crippen LogP contribution < -0.4 is 9.80 Å². The van der Waals surface area contributed by atoms with Crippen molar-refractivity contribution >= 4 is 55.7 Å². The van der Waals surface area contributed by atoms with Crippen LogP contribution in [-0.4, -0.2) is 0 Å². The maximum absolute atomic E-state index is 2.54. The number of benzene rings is 9. The Morgan fingerprint density at radius 1 is 0.362 bits per heavy atom. The summed E-state index contributed by atoms with van der Waals surface area (Å²) in [6, 6.07) is 71.7. The first-order valence-electron chi connectivity index (χ1n) is 20.4.